The fourth-order valence-electron chi connectivity index (χ4n) is 3.43. The number of carbonyl (C=O) groups is 1. The van der Waals surface area contributed by atoms with E-state index in [9.17, 15) is 9.18 Å². The van der Waals surface area contributed by atoms with Crippen LogP contribution in [0, 0.1) is 5.82 Å². The molecule has 1 aromatic carbocycles. The summed E-state index contributed by atoms with van der Waals surface area (Å²) in [6, 6.07) is 5.16. The van der Waals surface area contributed by atoms with Crippen LogP contribution < -0.4 is 0 Å². The van der Waals surface area contributed by atoms with Gasteiger partial charge in [0.05, 0.1) is 6.54 Å². The van der Waals surface area contributed by atoms with Crippen LogP contribution in [0.3, 0.4) is 0 Å². The number of hydrogen-bond donors (Lipinski definition) is 1. The van der Waals surface area contributed by atoms with Crippen LogP contribution in [-0.4, -0.2) is 59.6 Å². The number of carboxylic acids is 1. The van der Waals surface area contributed by atoms with Gasteiger partial charge in [-0.15, -0.1) is 0 Å². The highest BCUT2D eigenvalue weighted by Crippen LogP contribution is 2.21. The summed E-state index contributed by atoms with van der Waals surface area (Å²) >= 11 is 6.06. The Hall–Kier alpha value is -1.17. The largest absolute Gasteiger partial charge is 0.480 e. The molecule has 0 bridgehead atoms. The highest BCUT2D eigenvalue weighted by atomic mass is 35.5. The van der Waals surface area contributed by atoms with Crippen LogP contribution in [0.15, 0.2) is 18.2 Å². The number of rotatable bonds is 8. The molecule has 0 aliphatic carbocycles. The van der Waals surface area contributed by atoms with Gasteiger partial charge in [-0.3, -0.25) is 9.69 Å². The van der Waals surface area contributed by atoms with Crippen LogP contribution in [0.5, 0.6) is 0 Å². The normalized spacial score (nSPS) is 16.7. The van der Waals surface area contributed by atoms with Crippen LogP contribution in [0.4, 0.5) is 4.39 Å². The van der Waals surface area contributed by atoms with Gasteiger partial charge < -0.3 is 10.0 Å². The molecule has 24 heavy (non-hydrogen) atoms. The lowest BCUT2D eigenvalue weighted by Gasteiger charge is -2.37. The van der Waals surface area contributed by atoms with Crippen molar-refractivity contribution < 1.29 is 14.3 Å². The molecule has 134 valence electrons. The van der Waals surface area contributed by atoms with Gasteiger partial charge in [0.1, 0.15) is 5.82 Å². The number of nitrogens with zero attached hydrogens (tertiary/aromatic N) is 2. The number of hydrogen-bond acceptors (Lipinski definition) is 3. The maximum Gasteiger partial charge on any atom is 0.317 e. The lowest BCUT2D eigenvalue weighted by Crippen LogP contribution is -2.46. The van der Waals surface area contributed by atoms with E-state index in [1.165, 1.54) is 6.07 Å². The predicted octanol–water partition coefficient (Wildman–Crippen LogP) is 3.28. The van der Waals surface area contributed by atoms with Crippen molar-refractivity contribution in [3.05, 3.63) is 34.6 Å². The smallest absolute Gasteiger partial charge is 0.317 e. The molecule has 0 aromatic heterocycles. The van der Waals surface area contributed by atoms with Crippen molar-refractivity contribution in [3.63, 3.8) is 0 Å². The Labute approximate surface area is 148 Å². The Balaban J connectivity index is 1.74. The number of piperidine rings is 1. The molecule has 0 radical (unpaired) electrons. The molecule has 0 saturated carbocycles. The topological polar surface area (TPSA) is 43.8 Å². The highest BCUT2D eigenvalue weighted by molar-refractivity contribution is 6.31. The van der Waals surface area contributed by atoms with Crippen LogP contribution in [0.2, 0.25) is 5.02 Å². The molecule has 1 heterocycles. The Bertz CT molecular complexity index is 528. The Morgan fingerprint density at radius 2 is 2.12 bits per heavy atom. The summed E-state index contributed by atoms with van der Waals surface area (Å²) in [5, 5.41) is 9.47. The predicted molar refractivity (Wildman–Crippen MR) is 94.1 cm³/mol. The van der Waals surface area contributed by atoms with Crippen molar-refractivity contribution in [1.29, 1.82) is 0 Å². The maximum absolute atomic E-state index is 13.7. The molecule has 1 aliphatic heterocycles. The molecule has 1 fully saturated rings. The minimum atomic E-state index is -0.763. The Morgan fingerprint density at radius 3 is 2.71 bits per heavy atom. The first-order valence-corrected chi connectivity index (χ1v) is 9.00. The number of aliphatic carboxylic acids is 1. The number of carboxylic acid groups (broad SMARTS) is 1. The van der Waals surface area contributed by atoms with Crippen molar-refractivity contribution >= 4 is 17.6 Å². The summed E-state index contributed by atoms with van der Waals surface area (Å²) in [6.07, 6.45) is 3.49. The van der Waals surface area contributed by atoms with E-state index in [-0.39, 0.29) is 12.4 Å². The second-order valence-electron chi connectivity index (χ2n) is 6.33. The standard InChI is InChI=1S/C18H26ClFN2O2/c1-2-22(13-18(23)24)14-8-11-21(12-9-14)10-4-5-15-16(19)6-3-7-17(15)20/h3,6-7,14H,2,4-5,8-13H2,1H3,(H,23,24). The van der Waals surface area contributed by atoms with Gasteiger partial charge in [0.25, 0.3) is 0 Å². The average molecular weight is 357 g/mol. The minimum Gasteiger partial charge on any atom is -0.480 e. The lowest BCUT2D eigenvalue weighted by molar-refractivity contribution is -0.139. The molecule has 0 spiro atoms. The van der Waals surface area contributed by atoms with Gasteiger partial charge in [-0.2, -0.15) is 0 Å². The summed E-state index contributed by atoms with van der Waals surface area (Å²) < 4.78 is 13.7. The lowest BCUT2D eigenvalue weighted by atomic mass is 10.0. The molecule has 0 atom stereocenters. The van der Waals surface area contributed by atoms with Gasteiger partial charge in [-0.1, -0.05) is 24.6 Å². The second kappa shape index (κ2) is 9.35. The van der Waals surface area contributed by atoms with Crippen molar-refractivity contribution in [1.82, 2.24) is 9.80 Å². The van der Waals surface area contributed by atoms with Crippen molar-refractivity contribution in [2.45, 2.75) is 38.6 Å². The monoisotopic (exact) mass is 356 g/mol. The van der Waals surface area contributed by atoms with Gasteiger partial charge in [0.15, 0.2) is 0 Å². The van der Waals surface area contributed by atoms with Gasteiger partial charge in [0.2, 0.25) is 0 Å². The molecule has 1 aromatic rings. The molecule has 4 nitrogen and oxygen atoms in total. The van der Waals surface area contributed by atoms with Gasteiger partial charge in [0, 0.05) is 16.6 Å². The zero-order chi connectivity index (χ0) is 17.5. The molecule has 1 N–H and O–H groups in total. The van der Waals surface area contributed by atoms with E-state index in [4.69, 9.17) is 16.7 Å². The quantitative estimate of drug-likeness (QED) is 0.776. The molecule has 1 saturated heterocycles. The Morgan fingerprint density at radius 1 is 1.42 bits per heavy atom. The molecule has 6 heteroatoms. The number of halogens is 2. The van der Waals surface area contributed by atoms with E-state index in [0.717, 1.165) is 45.4 Å². The van der Waals surface area contributed by atoms with Gasteiger partial charge in [-0.25, -0.2) is 4.39 Å². The van der Waals surface area contributed by atoms with Crippen molar-refractivity contribution in [2.24, 2.45) is 0 Å². The van der Waals surface area contributed by atoms with Crippen LogP contribution in [0.25, 0.3) is 0 Å². The summed E-state index contributed by atoms with van der Waals surface area (Å²) in [4.78, 5) is 15.3. The SMILES string of the molecule is CCN(CC(=O)O)C1CCN(CCCc2c(F)cccc2Cl)CC1. The summed E-state index contributed by atoms with van der Waals surface area (Å²) in [5.41, 5.74) is 0.604. The summed E-state index contributed by atoms with van der Waals surface area (Å²) in [5.74, 6) is -0.991. The van der Waals surface area contributed by atoms with E-state index < -0.39 is 5.97 Å². The zero-order valence-corrected chi connectivity index (χ0v) is 14.9. The van der Waals surface area contributed by atoms with Crippen LogP contribution >= 0.6 is 11.6 Å². The number of benzene rings is 1. The number of likely N-dealkylation sites (tertiary alicyclic amines) is 1. The minimum absolute atomic E-state index is 0.118. The fraction of sp³-hybridized carbons (Fsp3) is 0.611. The first kappa shape index (κ1) is 19.2. The average Bonchev–Trinajstić information content (AvgIpc) is 2.56. The molecule has 0 amide bonds. The van der Waals surface area contributed by atoms with Crippen LogP contribution in [-0.2, 0) is 11.2 Å². The molecule has 2 rings (SSSR count). The molecular weight excluding hydrogens is 331 g/mol. The first-order valence-electron chi connectivity index (χ1n) is 8.62. The van der Waals surface area contributed by atoms with E-state index in [1.54, 1.807) is 12.1 Å². The van der Waals surface area contributed by atoms with Crippen LogP contribution in [0.1, 0.15) is 31.7 Å². The third-order valence-corrected chi connectivity index (χ3v) is 5.13. The first-order chi connectivity index (χ1) is 11.5. The molecule has 1 aliphatic rings. The van der Waals surface area contributed by atoms with Gasteiger partial charge >= 0.3 is 5.97 Å². The highest BCUT2D eigenvalue weighted by Gasteiger charge is 2.24. The molecule has 0 unspecified atom stereocenters. The third-order valence-electron chi connectivity index (χ3n) is 4.78. The molecular formula is C18H26ClFN2O2. The zero-order valence-electron chi connectivity index (χ0n) is 14.2. The van der Waals surface area contributed by atoms with E-state index in [2.05, 4.69) is 4.90 Å². The maximum atomic E-state index is 13.7. The van der Waals surface area contributed by atoms with E-state index in [0.29, 0.717) is 23.0 Å². The summed E-state index contributed by atoms with van der Waals surface area (Å²) in [6.45, 7) is 5.74. The summed E-state index contributed by atoms with van der Waals surface area (Å²) in [7, 11) is 0. The second-order valence-corrected chi connectivity index (χ2v) is 6.74. The van der Waals surface area contributed by atoms with E-state index in [1.807, 2.05) is 11.8 Å². The third kappa shape index (κ3) is 5.43. The van der Waals surface area contributed by atoms with Crippen molar-refractivity contribution in [2.75, 3.05) is 32.7 Å². The Kier molecular flexibility index (Phi) is 7.46. The van der Waals surface area contributed by atoms with Gasteiger partial charge in [-0.05, 0) is 64.0 Å². The fourth-order valence-corrected chi connectivity index (χ4v) is 3.69. The number of likely N-dealkylation sites (N-methyl/N-ethyl adjacent to an activating group) is 1. The van der Waals surface area contributed by atoms with Crippen molar-refractivity contribution in [3.8, 4) is 0 Å². The van der Waals surface area contributed by atoms with E-state index >= 15 is 0 Å².